The maximum absolute atomic E-state index is 11.4. The van der Waals surface area contributed by atoms with Gasteiger partial charge in [-0.1, -0.05) is 49.8 Å². The van der Waals surface area contributed by atoms with Gasteiger partial charge in [-0.2, -0.15) is 8.42 Å². The molecule has 0 radical (unpaired) electrons. The largest absolute Gasteiger partial charge is 0.489 e. The van der Waals surface area contributed by atoms with Crippen LogP contribution in [0.5, 0.6) is 11.5 Å². The van der Waals surface area contributed by atoms with Crippen molar-refractivity contribution in [3.63, 3.8) is 0 Å². The quantitative estimate of drug-likeness (QED) is 0.249. The molecular weight excluding hydrogens is 444 g/mol. The van der Waals surface area contributed by atoms with Gasteiger partial charge in [0.1, 0.15) is 18.1 Å². The summed E-state index contributed by atoms with van der Waals surface area (Å²) < 4.78 is 33.7. The van der Waals surface area contributed by atoms with Crippen LogP contribution in [0.4, 0.5) is 0 Å². The zero-order valence-electron chi connectivity index (χ0n) is 21.1. The number of hydrogen-bond donors (Lipinski definition) is 0. The van der Waals surface area contributed by atoms with Crippen LogP contribution in [0, 0.1) is 13.8 Å². The highest BCUT2D eigenvalue weighted by Crippen LogP contribution is 2.36. The molecule has 3 aromatic rings. The van der Waals surface area contributed by atoms with Gasteiger partial charge in [-0.05, 0) is 103 Å². The van der Waals surface area contributed by atoms with Crippen molar-refractivity contribution >= 4 is 10.1 Å². The van der Waals surface area contributed by atoms with E-state index in [1.807, 2.05) is 12.1 Å². The van der Waals surface area contributed by atoms with Gasteiger partial charge < -0.3 is 8.92 Å². The van der Waals surface area contributed by atoms with Crippen molar-refractivity contribution in [1.82, 2.24) is 0 Å². The molecule has 0 amide bonds. The van der Waals surface area contributed by atoms with Crippen molar-refractivity contribution in [2.24, 2.45) is 0 Å². The van der Waals surface area contributed by atoms with Crippen LogP contribution in [0.2, 0.25) is 0 Å². The number of ether oxygens (including phenoxy) is 1. The minimum atomic E-state index is -3.54. The van der Waals surface area contributed by atoms with Gasteiger partial charge in [-0.3, -0.25) is 0 Å². The summed E-state index contributed by atoms with van der Waals surface area (Å²) in [5.41, 5.74) is 9.24. The number of allylic oxidation sites excluding steroid dienone is 1. The zero-order valence-corrected chi connectivity index (χ0v) is 21.9. The van der Waals surface area contributed by atoms with Crippen LogP contribution < -0.4 is 8.92 Å². The third-order valence-electron chi connectivity index (χ3n) is 5.66. The Kier molecular flexibility index (Phi) is 7.88. The second kappa shape index (κ2) is 10.5. The lowest BCUT2D eigenvalue weighted by atomic mass is 9.90. The molecule has 3 aromatic carbocycles. The predicted molar refractivity (Wildman–Crippen MR) is 141 cm³/mol. The van der Waals surface area contributed by atoms with Gasteiger partial charge in [0.25, 0.3) is 0 Å². The van der Waals surface area contributed by atoms with Gasteiger partial charge in [0.05, 0.1) is 6.26 Å². The van der Waals surface area contributed by atoms with Gasteiger partial charge >= 0.3 is 10.1 Å². The normalized spacial score (nSPS) is 11.4. The van der Waals surface area contributed by atoms with E-state index in [0.717, 1.165) is 28.7 Å². The molecular formula is C29H34O4S. The van der Waals surface area contributed by atoms with E-state index in [-0.39, 0.29) is 0 Å². The summed E-state index contributed by atoms with van der Waals surface area (Å²) in [6.45, 7) is 13.3. The molecule has 0 saturated carbocycles. The lowest BCUT2D eigenvalue weighted by Gasteiger charge is -2.17. The highest BCUT2D eigenvalue weighted by molar-refractivity contribution is 7.86. The Hall–Kier alpha value is -3.05. The Morgan fingerprint density at radius 1 is 0.882 bits per heavy atom. The van der Waals surface area contributed by atoms with E-state index in [4.69, 9.17) is 8.92 Å². The molecule has 3 rings (SSSR count). The predicted octanol–water partition coefficient (Wildman–Crippen LogP) is 7.44. The minimum Gasteiger partial charge on any atom is -0.489 e. The average Bonchev–Trinajstić information content (AvgIpc) is 2.74. The van der Waals surface area contributed by atoms with E-state index in [1.54, 1.807) is 12.1 Å². The second-order valence-electron chi connectivity index (χ2n) is 9.29. The van der Waals surface area contributed by atoms with E-state index in [1.165, 1.54) is 27.8 Å². The SMILES string of the molecule is CC(C)=CCOc1ccc(-c2cc(C)c(-c3ccc(OS(C)(=O)=O)cc3)cc2C)cc1C(C)C. The highest BCUT2D eigenvalue weighted by atomic mass is 32.2. The molecule has 0 spiro atoms. The second-order valence-corrected chi connectivity index (χ2v) is 10.9. The van der Waals surface area contributed by atoms with Gasteiger partial charge in [0.15, 0.2) is 0 Å². The molecule has 0 unspecified atom stereocenters. The molecule has 0 aliphatic rings. The van der Waals surface area contributed by atoms with Crippen molar-refractivity contribution < 1.29 is 17.3 Å². The lowest BCUT2D eigenvalue weighted by molar-refractivity contribution is 0.356. The van der Waals surface area contributed by atoms with Crippen LogP contribution in [0.15, 0.2) is 66.2 Å². The first-order chi connectivity index (χ1) is 15.9. The van der Waals surface area contributed by atoms with Crippen molar-refractivity contribution in [3.05, 3.63) is 82.9 Å². The first-order valence-electron chi connectivity index (χ1n) is 11.5. The molecule has 0 saturated heterocycles. The lowest BCUT2D eigenvalue weighted by Crippen LogP contribution is -2.05. The average molecular weight is 479 g/mol. The van der Waals surface area contributed by atoms with Crippen LogP contribution in [-0.4, -0.2) is 21.3 Å². The molecule has 0 fully saturated rings. The molecule has 0 aliphatic carbocycles. The maximum Gasteiger partial charge on any atom is 0.306 e. The Bertz CT molecular complexity index is 1300. The van der Waals surface area contributed by atoms with Crippen LogP contribution >= 0.6 is 0 Å². The van der Waals surface area contributed by atoms with Crippen molar-refractivity contribution in [2.75, 3.05) is 12.9 Å². The fourth-order valence-corrected chi connectivity index (χ4v) is 4.36. The fraction of sp³-hybridized carbons (Fsp3) is 0.310. The minimum absolute atomic E-state index is 0.311. The van der Waals surface area contributed by atoms with Gasteiger partial charge in [0, 0.05) is 0 Å². The topological polar surface area (TPSA) is 52.6 Å². The Labute approximate surface area is 204 Å². The molecule has 0 heterocycles. The van der Waals surface area contributed by atoms with Crippen molar-refractivity contribution in [3.8, 4) is 33.8 Å². The van der Waals surface area contributed by atoms with Gasteiger partial charge in [0.2, 0.25) is 0 Å². The highest BCUT2D eigenvalue weighted by Gasteiger charge is 2.14. The molecule has 0 aliphatic heterocycles. The van der Waals surface area contributed by atoms with Crippen LogP contribution in [0.1, 0.15) is 50.3 Å². The number of aryl methyl sites for hydroxylation is 2. The van der Waals surface area contributed by atoms with Crippen LogP contribution in [-0.2, 0) is 10.1 Å². The molecule has 0 atom stereocenters. The zero-order chi connectivity index (χ0) is 25.0. The van der Waals surface area contributed by atoms with E-state index in [0.29, 0.717) is 18.3 Å². The van der Waals surface area contributed by atoms with Gasteiger partial charge in [-0.25, -0.2) is 0 Å². The first-order valence-corrected chi connectivity index (χ1v) is 13.3. The summed E-state index contributed by atoms with van der Waals surface area (Å²) >= 11 is 0. The van der Waals surface area contributed by atoms with E-state index < -0.39 is 10.1 Å². The van der Waals surface area contributed by atoms with Crippen molar-refractivity contribution in [2.45, 2.75) is 47.5 Å². The number of benzene rings is 3. The van der Waals surface area contributed by atoms with Crippen LogP contribution in [0.25, 0.3) is 22.3 Å². The Morgan fingerprint density at radius 3 is 1.97 bits per heavy atom. The molecule has 5 heteroatoms. The third kappa shape index (κ3) is 6.51. The Balaban J connectivity index is 1.94. The summed E-state index contributed by atoms with van der Waals surface area (Å²) in [6, 6.07) is 18.0. The fourth-order valence-electron chi connectivity index (χ4n) is 3.90. The molecule has 0 N–H and O–H groups in total. The standard InChI is InChI=1S/C29H34O4S/c1-19(2)14-15-32-29-13-10-24(18-26(29)20(3)4)28-17-21(5)27(16-22(28)6)23-8-11-25(12-9-23)33-34(7,30)31/h8-14,16-18,20H,15H2,1-7H3. The third-order valence-corrected chi connectivity index (χ3v) is 6.15. The van der Waals surface area contributed by atoms with E-state index in [2.05, 4.69) is 78.0 Å². The number of rotatable bonds is 8. The van der Waals surface area contributed by atoms with E-state index >= 15 is 0 Å². The van der Waals surface area contributed by atoms with E-state index in [9.17, 15) is 8.42 Å². The molecule has 180 valence electrons. The van der Waals surface area contributed by atoms with Crippen LogP contribution in [0.3, 0.4) is 0 Å². The smallest absolute Gasteiger partial charge is 0.306 e. The first kappa shape index (κ1) is 25.6. The number of hydrogen-bond acceptors (Lipinski definition) is 4. The summed E-state index contributed by atoms with van der Waals surface area (Å²) in [5.74, 6) is 1.58. The molecule has 34 heavy (non-hydrogen) atoms. The molecule has 0 bridgehead atoms. The van der Waals surface area contributed by atoms with Gasteiger partial charge in [-0.15, -0.1) is 0 Å². The summed E-state index contributed by atoms with van der Waals surface area (Å²) in [7, 11) is -3.54. The maximum atomic E-state index is 11.4. The van der Waals surface area contributed by atoms with Crippen molar-refractivity contribution in [1.29, 1.82) is 0 Å². The summed E-state index contributed by atoms with van der Waals surface area (Å²) in [6.07, 6.45) is 3.13. The monoisotopic (exact) mass is 478 g/mol. The molecule has 4 nitrogen and oxygen atoms in total. The summed E-state index contributed by atoms with van der Waals surface area (Å²) in [5, 5.41) is 0. The molecule has 0 aromatic heterocycles. The summed E-state index contributed by atoms with van der Waals surface area (Å²) in [4.78, 5) is 0. The Morgan fingerprint density at radius 2 is 1.44 bits per heavy atom.